The van der Waals surface area contributed by atoms with Gasteiger partial charge in [0, 0.05) is 0 Å². The molecule has 2 nitrogen and oxygen atoms in total. The molecule has 94 valence electrons. The number of aromatic amines is 1. The summed E-state index contributed by atoms with van der Waals surface area (Å²) in [6.45, 7) is 4.27. The van der Waals surface area contributed by atoms with Gasteiger partial charge in [0.05, 0.1) is 10.9 Å². The molecule has 1 aromatic carbocycles. The molecular weight excluding hydrogens is 227 g/mol. The van der Waals surface area contributed by atoms with E-state index in [0.717, 1.165) is 5.56 Å². The monoisotopic (exact) mass is 244 g/mol. The van der Waals surface area contributed by atoms with E-state index in [9.17, 15) is 4.39 Å². The Kier molecular flexibility index (Phi) is 2.69. The van der Waals surface area contributed by atoms with E-state index in [1.807, 2.05) is 18.2 Å². The van der Waals surface area contributed by atoms with E-state index < -0.39 is 0 Å². The molecule has 0 radical (unpaired) electrons. The fraction of sp³-hybridized carbons (Fsp3) is 0.400. The van der Waals surface area contributed by atoms with Crippen LogP contribution < -0.4 is 0 Å². The van der Waals surface area contributed by atoms with Crippen molar-refractivity contribution in [2.45, 2.75) is 33.1 Å². The lowest BCUT2D eigenvalue weighted by atomic mass is 9.77. The van der Waals surface area contributed by atoms with Crippen LogP contribution in [0.15, 0.2) is 23.8 Å². The summed E-state index contributed by atoms with van der Waals surface area (Å²) >= 11 is 0. The van der Waals surface area contributed by atoms with E-state index in [4.69, 9.17) is 0 Å². The molecule has 1 aliphatic rings. The van der Waals surface area contributed by atoms with Gasteiger partial charge in [0.1, 0.15) is 0 Å². The van der Waals surface area contributed by atoms with Crippen LogP contribution >= 0.6 is 0 Å². The average molecular weight is 244 g/mol. The van der Waals surface area contributed by atoms with Crippen molar-refractivity contribution < 1.29 is 4.39 Å². The SMILES string of the molecule is C/C(=C(\C)C1CCC1)c1cccc2n[nH]c(F)c12. The van der Waals surface area contributed by atoms with Crippen LogP contribution in [0.1, 0.15) is 38.7 Å². The minimum atomic E-state index is -0.332. The number of H-pyrrole nitrogens is 1. The number of nitrogens with zero attached hydrogens (tertiary/aromatic N) is 1. The van der Waals surface area contributed by atoms with Gasteiger partial charge in [-0.25, -0.2) is 0 Å². The van der Waals surface area contributed by atoms with E-state index in [2.05, 4.69) is 24.0 Å². The van der Waals surface area contributed by atoms with Gasteiger partial charge in [-0.1, -0.05) is 24.1 Å². The van der Waals surface area contributed by atoms with Crippen molar-refractivity contribution >= 4 is 16.5 Å². The summed E-state index contributed by atoms with van der Waals surface area (Å²) in [6.07, 6.45) is 3.86. The molecule has 1 saturated carbocycles. The van der Waals surface area contributed by atoms with Crippen molar-refractivity contribution in [2.24, 2.45) is 5.92 Å². The van der Waals surface area contributed by atoms with Gasteiger partial charge in [0.2, 0.25) is 5.95 Å². The lowest BCUT2D eigenvalue weighted by molar-refractivity contribution is 0.369. The van der Waals surface area contributed by atoms with Crippen LogP contribution in [0.3, 0.4) is 0 Å². The van der Waals surface area contributed by atoms with Crippen LogP contribution in [-0.4, -0.2) is 10.2 Å². The van der Waals surface area contributed by atoms with Gasteiger partial charge >= 0.3 is 0 Å². The zero-order valence-corrected chi connectivity index (χ0v) is 10.8. The fourth-order valence-electron chi connectivity index (χ4n) is 2.70. The predicted molar refractivity (Wildman–Crippen MR) is 71.7 cm³/mol. The molecule has 1 fully saturated rings. The summed E-state index contributed by atoms with van der Waals surface area (Å²) in [5, 5.41) is 7.02. The van der Waals surface area contributed by atoms with Gasteiger partial charge in [-0.15, -0.1) is 0 Å². The summed E-state index contributed by atoms with van der Waals surface area (Å²) in [6, 6.07) is 5.76. The second-order valence-electron chi connectivity index (χ2n) is 5.17. The van der Waals surface area contributed by atoms with Gasteiger partial charge in [0.25, 0.3) is 0 Å². The Labute approximate surface area is 106 Å². The molecule has 18 heavy (non-hydrogen) atoms. The van der Waals surface area contributed by atoms with Crippen molar-refractivity contribution in [3.05, 3.63) is 35.3 Å². The summed E-state index contributed by atoms with van der Waals surface area (Å²) < 4.78 is 13.8. The normalized spacial score (nSPS) is 17.7. The van der Waals surface area contributed by atoms with E-state index in [1.165, 1.54) is 30.4 Å². The maximum atomic E-state index is 13.8. The molecule has 1 aliphatic carbocycles. The molecule has 3 rings (SSSR count). The Bertz CT molecular complexity index is 620. The Morgan fingerprint density at radius 3 is 2.78 bits per heavy atom. The highest BCUT2D eigenvalue weighted by atomic mass is 19.1. The fourth-order valence-corrected chi connectivity index (χ4v) is 2.70. The van der Waals surface area contributed by atoms with Gasteiger partial charge in [0.15, 0.2) is 0 Å². The highest BCUT2D eigenvalue weighted by Gasteiger charge is 2.22. The molecule has 0 atom stereocenters. The van der Waals surface area contributed by atoms with E-state index in [-0.39, 0.29) is 5.95 Å². The molecular formula is C15H17FN2. The molecule has 2 aromatic rings. The number of hydrogen-bond acceptors (Lipinski definition) is 1. The van der Waals surface area contributed by atoms with Crippen molar-refractivity contribution in [3.63, 3.8) is 0 Å². The lowest BCUT2D eigenvalue weighted by Gasteiger charge is -2.28. The third-order valence-electron chi connectivity index (χ3n) is 4.25. The van der Waals surface area contributed by atoms with Gasteiger partial charge in [-0.05, 0) is 49.8 Å². The molecule has 1 N–H and O–H groups in total. The second kappa shape index (κ2) is 4.23. The van der Waals surface area contributed by atoms with Crippen LogP contribution in [-0.2, 0) is 0 Å². The largest absolute Gasteiger partial charge is 0.252 e. The first-order valence-electron chi connectivity index (χ1n) is 6.49. The number of aromatic nitrogens is 2. The highest BCUT2D eigenvalue weighted by molar-refractivity contribution is 5.92. The Morgan fingerprint density at radius 2 is 2.11 bits per heavy atom. The molecule has 0 bridgehead atoms. The van der Waals surface area contributed by atoms with E-state index >= 15 is 0 Å². The van der Waals surface area contributed by atoms with Gasteiger partial charge < -0.3 is 0 Å². The Balaban J connectivity index is 2.16. The van der Waals surface area contributed by atoms with Gasteiger partial charge in [-0.2, -0.15) is 9.49 Å². The van der Waals surface area contributed by atoms with Crippen LogP contribution in [0, 0.1) is 11.9 Å². The molecule has 3 heteroatoms. The third-order valence-corrected chi connectivity index (χ3v) is 4.25. The van der Waals surface area contributed by atoms with Crippen LogP contribution in [0.5, 0.6) is 0 Å². The number of allylic oxidation sites excluding steroid dienone is 2. The molecule has 0 unspecified atom stereocenters. The molecule has 1 aromatic heterocycles. The van der Waals surface area contributed by atoms with E-state index in [0.29, 0.717) is 16.8 Å². The van der Waals surface area contributed by atoms with Crippen molar-refractivity contribution in [3.8, 4) is 0 Å². The maximum Gasteiger partial charge on any atom is 0.217 e. The predicted octanol–water partition coefficient (Wildman–Crippen LogP) is 4.30. The Morgan fingerprint density at radius 1 is 1.33 bits per heavy atom. The maximum absolute atomic E-state index is 13.8. The standard InChI is InChI=1S/C15H17FN2/c1-9(11-5-3-6-11)10(2)12-7-4-8-13-14(12)15(16)18-17-13/h4,7-8,11H,3,5-6H2,1-2H3,(H,17,18)/b10-9-. The minimum Gasteiger partial charge on any atom is -0.252 e. The number of nitrogens with one attached hydrogen (secondary N) is 1. The minimum absolute atomic E-state index is 0.332. The lowest BCUT2D eigenvalue weighted by Crippen LogP contribution is -2.13. The highest BCUT2D eigenvalue weighted by Crippen LogP contribution is 2.38. The van der Waals surface area contributed by atoms with E-state index in [1.54, 1.807) is 0 Å². The smallest absolute Gasteiger partial charge is 0.217 e. The van der Waals surface area contributed by atoms with Crippen molar-refractivity contribution in [2.75, 3.05) is 0 Å². The summed E-state index contributed by atoms with van der Waals surface area (Å²) in [5.74, 6) is 0.358. The van der Waals surface area contributed by atoms with Crippen molar-refractivity contribution in [1.82, 2.24) is 10.2 Å². The molecule has 0 saturated heterocycles. The second-order valence-corrected chi connectivity index (χ2v) is 5.17. The number of fused-ring (bicyclic) bond motifs is 1. The molecule has 0 aliphatic heterocycles. The third kappa shape index (κ3) is 1.65. The molecule has 0 amide bonds. The first-order valence-corrected chi connectivity index (χ1v) is 6.49. The first-order chi connectivity index (χ1) is 8.68. The zero-order valence-electron chi connectivity index (χ0n) is 10.8. The summed E-state index contributed by atoms with van der Waals surface area (Å²) in [4.78, 5) is 0. The number of hydrogen-bond donors (Lipinski definition) is 1. The topological polar surface area (TPSA) is 28.7 Å². The first kappa shape index (κ1) is 11.5. The summed E-state index contributed by atoms with van der Waals surface area (Å²) in [7, 11) is 0. The zero-order chi connectivity index (χ0) is 12.7. The Hall–Kier alpha value is -1.64. The van der Waals surface area contributed by atoms with Crippen LogP contribution in [0.4, 0.5) is 4.39 Å². The van der Waals surface area contributed by atoms with Crippen molar-refractivity contribution in [1.29, 1.82) is 0 Å². The number of rotatable bonds is 2. The quantitative estimate of drug-likeness (QED) is 0.838. The average Bonchev–Trinajstić information content (AvgIpc) is 2.68. The molecule has 0 spiro atoms. The summed E-state index contributed by atoms with van der Waals surface area (Å²) in [5.41, 5.74) is 4.27. The van der Waals surface area contributed by atoms with Crippen LogP contribution in [0.2, 0.25) is 0 Å². The van der Waals surface area contributed by atoms with Crippen LogP contribution in [0.25, 0.3) is 16.5 Å². The van der Waals surface area contributed by atoms with Gasteiger partial charge in [-0.3, -0.25) is 5.10 Å². The molecule has 1 heterocycles. The number of halogens is 1. The number of benzene rings is 1.